The Balaban J connectivity index is 1.97. The maximum atomic E-state index is 12.9. The predicted octanol–water partition coefficient (Wildman–Crippen LogP) is 3.06. The summed E-state index contributed by atoms with van der Waals surface area (Å²) in [5.41, 5.74) is -0.163. The third kappa shape index (κ3) is 2.44. The van der Waals surface area contributed by atoms with Gasteiger partial charge in [-0.1, -0.05) is 12.8 Å². The van der Waals surface area contributed by atoms with Gasteiger partial charge in [0.15, 0.2) is 11.3 Å². The highest BCUT2D eigenvalue weighted by atomic mass is 35.5. The predicted molar refractivity (Wildman–Crippen MR) is 80.7 cm³/mol. The van der Waals surface area contributed by atoms with E-state index < -0.39 is 10.8 Å². The molecule has 0 spiro atoms. The number of carbonyl (C=O) groups excluding carboxylic acids is 2. The Morgan fingerprint density at radius 2 is 2.00 bits per heavy atom. The number of aromatic nitrogens is 1. The van der Waals surface area contributed by atoms with Gasteiger partial charge in [0.05, 0.1) is 11.3 Å². The molecule has 1 unspecified atom stereocenters. The van der Waals surface area contributed by atoms with Gasteiger partial charge in [-0.05, 0) is 48.7 Å². The summed E-state index contributed by atoms with van der Waals surface area (Å²) in [6.07, 6.45) is 10.6. The fraction of sp³-hybridized carbons (Fsp3) is 0.375. The molecular weight excluding hydrogens is 288 g/mol. The van der Waals surface area contributed by atoms with Gasteiger partial charge in [-0.15, -0.1) is 0 Å². The third-order valence-electron chi connectivity index (χ3n) is 4.18. The molecule has 1 aliphatic heterocycles. The molecule has 1 aromatic rings. The third-order valence-corrected chi connectivity index (χ3v) is 4.40. The van der Waals surface area contributed by atoms with Gasteiger partial charge in [0, 0.05) is 18.3 Å². The van der Waals surface area contributed by atoms with Crippen LogP contribution in [0.25, 0.3) is 0 Å². The summed E-state index contributed by atoms with van der Waals surface area (Å²) in [6, 6.07) is 3.25. The maximum Gasteiger partial charge on any atom is 0.253 e. The minimum Gasteiger partial charge on any atom is -0.296 e. The number of hydrogen-bond acceptors (Lipinski definition) is 4. The number of aliphatic imine (C=N–C) groups is 1. The summed E-state index contributed by atoms with van der Waals surface area (Å²) in [4.78, 5) is 32.7. The molecule has 2 aliphatic rings. The Labute approximate surface area is 127 Å². The van der Waals surface area contributed by atoms with Crippen LogP contribution in [0.15, 0.2) is 35.5 Å². The first-order chi connectivity index (χ1) is 10.1. The number of nitrogens with zero attached hydrogens (tertiary/aromatic N) is 2. The number of ketones is 1. The van der Waals surface area contributed by atoms with Crippen LogP contribution in [0.4, 0.5) is 0 Å². The lowest BCUT2D eigenvalue weighted by Crippen LogP contribution is -2.36. The smallest absolute Gasteiger partial charge is 0.253 e. The van der Waals surface area contributed by atoms with E-state index in [4.69, 9.17) is 11.6 Å². The van der Waals surface area contributed by atoms with E-state index >= 15 is 0 Å². The number of rotatable bonds is 4. The van der Waals surface area contributed by atoms with Crippen molar-refractivity contribution in [1.82, 2.24) is 4.98 Å². The van der Waals surface area contributed by atoms with Gasteiger partial charge in [-0.3, -0.25) is 19.6 Å². The van der Waals surface area contributed by atoms with Gasteiger partial charge in [0.25, 0.3) is 5.24 Å². The molecule has 4 nitrogen and oxygen atoms in total. The summed E-state index contributed by atoms with van der Waals surface area (Å²) in [6.45, 7) is 0. The van der Waals surface area contributed by atoms with Crippen LogP contribution in [-0.4, -0.2) is 22.2 Å². The Kier molecular flexibility index (Phi) is 3.72. The summed E-state index contributed by atoms with van der Waals surface area (Å²) < 4.78 is 0. The first kappa shape index (κ1) is 14.1. The minimum absolute atomic E-state index is 0.0426. The van der Waals surface area contributed by atoms with Crippen molar-refractivity contribution in [3.8, 4) is 0 Å². The van der Waals surface area contributed by atoms with Crippen molar-refractivity contribution in [2.45, 2.75) is 31.2 Å². The molecule has 2 heterocycles. The van der Waals surface area contributed by atoms with E-state index in [1.165, 1.54) is 6.20 Å². The normalized spacial score (nSPS) is 24.6. The van der Waals surface area contributed by atoms with Gasteiger partial charge in [0.2, 0.25) is 0 Å². The topological polar surface area (TPSA) is 59.4 Å². The molecule has 0 radical (unpaired) electrons. The number of hydrogen-bond donors (Lipinski definition) is 0. The van der Waals surface area contributed by atoms with Crippen molar-refractivity contribution in [2.24, 2.45) is 10.9 Å². The fourth-order valence-electron chi connectivity index (χ4n) is 3.04. The molecule has 0 N–H and O–H groups in total. The molecule has 0 amide bonds. The van der Waals surface area contributed by atoms with Crippen LogP contribution >= 0.6 is 11.6 Å². The molecule has 3 rings (SSSR count). The molecule has 5 heteroatoms. The van der Waals surface area contributed by atoms with E-state index in [1.54, 1.807) is 30.5 Å². The molecular formula is C16H15ClN2O2. The second-order valence-corrected chi connectivity index (χ2v) is 5.80. The zero-order valence-electron chi connectivity index (χ0n) is 11.5. The molecule has 108 valence electrons. The second kappa shape index (κ2) is 5.53. The van der Waals surface area contributed by atoms with Gasteiger partial charge >= 0.3 is 0 Å². The van der Waals surface area contributed by atoms with Crippen LogP contribution in [0.2, 0.25) is 0 Å². The van der Waals surface area contributed by atoms with E-state index in [2.05, 4.69) is 9.98 Å². The SMILES string of the molecule is O=C(Cl)c1ccc(C2(C(=O)C3CCCC3)C=CC=N2)nc1. The summed E-state index contributed by atoms with van der Waals surface area (Å²) in [5, 5.41) is -0.560. The van der Waals surface area contributed by atoms with Crippen molar-refractivity contribution in [1.29, 1.82) is 0 Å². The van der Waals surface area contributed by atoms with Gasteiger partial charge in [-0.2, -0.15) is 0 Å². The number of Topliss-reactive ketones (excluding diaryl/α,β-unsaturated/α-hetero) is 1. The Morgan fingerprint density at radius 3 is 2.52 bits per heavy atom. The number of halogens is 1. The number of allylic oxidation sites excluding steroid dienone is 1. The number of pyridine rings is 1. The van der Waals surface area contributed by atoms with Crippen LogP contribution < -0.4 is 0 Å². The number of carbonyl (C=O) groups is 2. The molecule has 1 atom stereocenters. The highest BCUT2D eigenvalue weighted by Gasteiger charge is 2.44. The Morgan fingerprint density at radius 1 is 1.24 bits per heavy atom. The van der Waals surface area contributed by atoms with E-state index in [1.807, 2.05) is 0 Å². The van der Waals surface area contributed by atoms with Gasteiger partial charge in [0.1, 0.15) is 0 Å². The van der Waals surface area contributed by atoms with Crippen LogP contribution in [0.3, 0.4) is 0 Å². The Bertz CT molecular complexity index is 616. The molecule has 1 fully saturated rings. The van der Waals surface area contributed by atoms with Crippen molar-refractivity contribution >= 4 is 28.8 Å². The van der Waals surface area contributed by atoms with Crippen LogP contribution in [0.5, 0.6) is 0 Å². The first-order valence-corrected chi connectivity index (χ1v) is 7.45. The highest BCUT2D eigenvalue weighted by molar-refractivity contribution is 6.67. The van der Waals surface area contributed by atoms with Crippen molar-refractivity contribution < 1.29 is 9.59 Å². The lowest BCUT2D eigenvalue weighted by atomic mass is 9.82. The van der Waals surface area contributed by atoms with Gasteiger partial charge in [-0.25, -0.2) is 0 Å². The second-order valence-electron chi connectivity index (χ2n) is 5.46. The lowest BCUT2D eigenvalue weighted by molar-refractivity contribution is -0.126. The highest BCUT2D eigenvalue weighted by Crippen LogP contribution is 2.38. The van der Waals surface area contributed by atoms with Crippen molar-refractivity contribution in [3.05, 3.63) is 41.7 Å². The van der Waals surface area contributed by atoms with E-state index in [0.717, 1.165) is 25.7 Å². The van der Waals surface area contributed by atoms with E-state index in [0.29, 0.717) is 11.3 Å². The van der Waals surface area contributed by atoms with E-state index in [9.17, 15) is 9.59 Å². The van der Waals surface area contributed by atoms with E-state index in [-0.39, 0.29) is 11.7 Å². The standard InChI is InChI=1S/C16H15ClN2O2/c17-15(21)12-6-7-13(18-10-12)16(8-3-9-19-16)14(20)11-4-1-2-5-11/h3,6-11H,1-2,4-5H2. The quantitative estimate of drug-likeness (QED) is 0.803. The summed E-state index contributed by atoms with van der Waals surface area (Å²) >= 11 is 5.43. The largest absolute Gasteiger partial charge is 0.296 e. The van der Waals surface area contributed by atoms with Crippen molar-refractivity contribution in [2.75, 3.05) is 0 Å². The Hall–Kier alpha value is -1.81. The average molecular weight is 303 g/mol. The minimum atomic E-state index is -1.02. The monoisotopic (exact) mass is 302 g/mol. The fourth-order valence-corrected chi connectivity index (χ4v) is 3.16. The molecule has 0 aromatic carbocycles. The first-order valence-electron chi connectivity index (χ1n) is 7.07. The van der Waals surface area contributed by atoms with Crippen LogP contribution in [0, 0.1) is 5.92 Å². The summed E-state index contributed by atoms with van der Waals surface area (Å²) in [5.74, 6) is 0.142. The molecule has 0 saturated heterocycles. The maximum absolute atomic E-state index is 12.9. The molecule has 0 bridgehead atoms. The molecule has 1 saturated carbocycles. The molecule has 21 heavy (non-hydrogen) atoms. The lowest BCUT2D eigenvalue weighted by Gasteiger charge is -2.25. The molecule has 1 aliphatic carbocycles. The summed E-state index contributed by atoms with van der Waals surface area (Å²) in [7, 11) is 0. The molecule has 1 aromatic heterocycles. The van der Waals surface area contributed by atoms with Crippen LogP contribution in [0.1, 0.15) is 41.7 Å². The van der Waals surface area contributed by atoms with Crippen molar-refractivity contribution in [3.63, 3.8) is 0 Å². The van der Waals surface area contributed by atoms with Gasteiger partial charge < -0.3 is 0 Å². The zero-order chi connectivity index (χ0) is 14.9. The van der Waals surface area contributed by atoms with Crippen LogP contribution in [-0.2, 0) is 10.3 Å². The average Bonchev–Trinajstić information content (AvgIpc) is 3.19. The zero-order valence-corrected chi connectivity index (χ0v) is 12.2.